The largest absolute Gasteiger partial charge is 0.383 e. The molecule has 9 heteroatoms. The number of halogens is 2. The van der Waals surface area contributed by atoms with Gasteiger partial charge in [-0.15, -0.1) is 0 Å². The Labute approximate surface area is 171 Å². The molecule has 0 unspecified atom stereocenters. The number of hydrogen-bond donors (Lipinski definition) is 2. The lowest BCUT2D eigenvalue weighted by molar-refractivity contribution is -0.117. The summed E-state index contributed by atoms with van der Waals surface area (Å²) in [6.07, 6.45) is 4.09. The summed E-state index contributed by atoms with van der Waals surface area (Å²) in [5.41, 5.74) is 7.23. The summed E-state index contributed by atoms with van der Waals surface area (Å²) in [4.78, 5) is 28.8. The predicted octanol–water partition coefficient (Wildman–Crippen LogP) is 3.80. The minimum Gasteiger partial charge on any atom is -0.383 e. The SMILES string of the molecule is C/N=C\[C@H]1C[C@@H]1C(=O)Nc1cc2cc(-c3cncc(C(F)F)c3C)nc(N)c2cn1. The average Bonchev–Trinajstić information content (AvgIpc) is 3.47. The van der Waals surface area contributed by atoms with E-state index in [1.807, 2.05) is 0 Å². The number of nitrogens with zero attached hydrogens (tertiary/aromatic N) is 4. The molecule has 3 aromatic rings. The Hall–Kier alpha value is -3.49. The van der Waals surface area contributed by atoms with Crippen LogP contribution in [-0.4, -0.2) is 34.1 Å². The van der Waals surface area contributed by atoms with E-state index in [1.54, 1.807) is 32.3 Å². The Kier molecular flexibility index (Phi) is 5.11. The Morgan fingerprint density at radius 3 is 2.87 bits per heavy atom. The molecule has 7 nitrogen and oxygen atoms in total. The molecule has 0 bridgehead atoms. The second-order valence-corrected chi connectivity index (χ2v) is 7.29. The Morgan fingerprint density at radius 2 is 2.13 bits per heavy atom. The quantitative estimate of drug-likeness (QED) is 0.623. The number of fused-ring (bicyclic) bond motifs is 1. The number of nitrogens with two attached hydrogens (primary N) is 1. The van der Waals surface area contributed by atoms with Gasteiger partial charge in [0, 0.05) is 60.2 Å². The van der Waals surface area contributed by atoms with E-state index in [9.17, 15) is 13.6 Å². The highest BCUT2D eigenvalue weighted by molar-refractivity contribution is 5.99. The van der Waals surface area contributed by atoms with Gasteiger partial charge in [-0.05, 0) is 36.4 Å². The third-order valence-electron chi connectivity index (χ3n) is 5.28. The molecule has 3 heterocycles. The maximum Gasteiger partial charge on any atom is 0.265 e. The Balaban J connectivity index is 1.68. The molecule has 0 aromatic carbocycles. The summed E-state index contributed by atoms with van der Waals surface area (Å²) in [6.45, 7) is 1.60. The molecular formula is C21H20F2N6O. The lowest BCUT2D eigenvalue weighted by Crippen LogP contribution is -2.16. The van der Waals surface area contributed by atoms with Crippen LogP contribution in [0.25, 0.3) is 22.0 Å². The van der Waals surface area contributed by atoms with E-state index in [1.165, 1.54) is 12.4 Å². The van der Waals surface area contributed by atoms with Gasteiger partial charge in [0.1, 0.15) is 11.6 Å². The maximum atomic E-state index is 13.2. The van der Waals surface area contributed by atoms with E-state index in [2.05, 4.69) is 25.3 Å². The summed E-state index contributed by atoms with van der Waals surface area (Å²) in [6, 6.07) is 3.42. The molecule has 1 saturated carbocycles. The van der Waals surface area contributed by atoms with Gasteiger partial charge in [0.05, 0.1) is 5.69 Å². The Morgan fingerprint density at radius 1 is 1.33 bits per heavy atom. The van der Waals surface area contributed by atoms with Crippen molar-refractivity contribution in [3.63, 3.8) is 0 Å². The first-order valence-corrected chi connectivity index (χ1v) is 9.41. The number of hydrogen-bond acceptors (Lipinski definition) is 6. The van der Waals surface area contributed by atoms with Gasteiger partial charge in [-0.25, -0.2) is 18.7 Å². The first-order valence-electron chi connectivity index (χ1n) is 9.41. The minimum atomic E-state index is -2.63. The summed E-state index contributed by atoms with van der Waals surface area (Å²) in [5.74, 6) is 0.559. The van der Waals surface area contributed by atoms with Gasteiger partial charge < -0.3 is 16.0 Å². The molecule has 1 amide bonds. The van der Waals surface area contributed by atoms with Crippen molar-refractivity contribution in [3.05, 3.63) is 41.9 Å². The zero-order valence-electron chi connectivity index (χ0n) is 16.4. The molecule has 3 aromatic heterocycles. The number of anilines is 2. The molecule has 1 aliphatic carbocycles. The van der Waals surface area contributed by atoms with Crippen LogP contribution in [0.2, 0.25) is 0 Å². The van der Waals surface area contributed by atoms with Crippen LogP contribution in [0.5, 0.6) is 0 Å². The van der Waals surface area contributed by atoms with Crippen LogP contribution in [0.15, 0.2) is 35.7 Å². The molecule has 3 N–H and O–H groups in total. The summed E-state index contributed by atoms with van der Waals surface area (Å²) in [5, 5.41) is 4.11. The number of nitrogen functional groups attached to an aromatic ring is 1. The van der Waals surface area contributed by atoms with Crippen molar-refractivity contribution in [1.82, 2.24) is 15.0 Å². The monoisotopic (exact) mass is 410 g/mol. The van der Waals surface area contributed by atoms with Crippen molar-refractivity contribution in [2.75, 3.05) is 18.1 Å². The molecule has 2 atom stereocenters. The van der Waals surface area contributed by atoms with E-state index in [0.717, 1.165) is 12.6 Å². The molecule has 0 aliphatic heterocycles. The van der Waals surface area contributed by atoms with Crippen LogP contribution in [0.4, 0.5) is 20.4 Å². The highest BCUT2D eigenvalue weighted by Gasteiger charge is 2.41. The van der Waals surface area contributed by atoms with Crippen LogP contribution in [0.1, 0.15) is 24.0 Å². The van der Waals surface area contributed by atoms with Gasteiger partial charge >= 0.3 is 0 Å². The Bertz CT molecular complexity index is 1160. The predicted molar refractivity (Wildman–Crippen MR) is 112 cm³/mol. The number of amides is 1. The fraction of sp³-hybridized carbons (Fsp3) is 0.286. The topological polar surface area (TPSA) is 106 Å². The number of carbonyl (C=O) groups excluding carboxylic acids is 1. The summed E-state index contributed by atoms with van der Waals surface area (Å²) in [7, 11) is 1.68. The van der Waals surface area contributed by atoms with Crippen LogP contribution in [0, 0.1) is 18.8 Å². The highest BCUT2D eigenvalue weighted by atomic mass is 19.3. The molecule has 0 saturated heterocycles. The number of alkyl halides is 2. The van der Waals surface area contributed by atoms with Crippen molar-refractivity contribution in [1.29, 1.82) is 0 Å². The zero-order chi connectivity index (χ0) is 21.4. The van der Waals surface area contributed by atoms with Crippen LogP contribution < -0.4 is 11.1 Å². The summed E-state index contributed by atoms with van der Waals surface area (Å²) < 4.78 is 26.5. The van der Waals surface area contributed by atoms with Gasteiger partial charge in [-0.3, -0.25) is 9.78 Å². The van der Waals surface area contributed by atoms with Gasteiger partial charge in [0.2, 0.25) is 5.91 Å². The van der Waals surface area contributed by atoms with E-state index in [4.69, 9.17) is 5.73 Å². The number of nitrogens with one attached hydrogen (secondary N) is 1. The van der Waals surface area contributed by atoms with E-state index in [-0.39, 0.29) is 29.1 Å². The lowest BCUT2D eigenvalue weighted by atomic mass is 10.0. The van der Waals surface area contributed by atoms with Gasteiger partial charge in [-0.2, -0.15) is 0 Å². The lowest BCUT2D eigenvalue weighted by Gasteiger charge is -2.12. The van der Waals surface area contributed by atoms with Crippen molar-refractivity contribution in [2.45, 2.75) is 19.8 Å². The number of aliphatic imine (C=N–C) groups is 1. The zero-order valence-corrected chi connectivity index (χ0v) is 16.4. The fourth-order valence-electron chi connectivity index (χ4n) is 3.49. The average molecular weight is 410 g/mol. The molecular weight excluding hydrogens is 390 g/mol. The van der Waals surface area contributed by atoms with E-state index < -0.39 is 6.43 Å². The van der Waals surface area contributed by atoms with E-state index in [0.29, 0.717) is 33.4 Å². The van der Waals surface area contributed by atoms with Crippen molar-refractivity contribution < 1.29 is 13.6 Å². The first kappa shape index (κ1) is 19.8. The number of aromatic nitrogens is 3. The van der Waals surface area contributed by atoms with Crippen molar-refractivity contribution >= 4 is 34.5 Å². The molecule has 30 heavy (non-hydrogen) atoms. The molecule has 154 valence electrons. The van der Waals surface area contributed by atoms with Crippen molar-refractivity contribution in [3.8, 4) is 11.3 Å². The second kappa shape index (κ2) is 7.74. The number of pyridine rings is 3. The fourth-order valence-corrected chi connectivity index (χ4v) is 3.49. The van der Waals surface area contributed by atoms with Crippen LogP contribution >= 0.6 is 0 Å². The third-order valence-corrected chi connectivity index (χ3v) is 5.28. The van der Waals surface area contributed by atoms with Crippen LogP contribution in [0.3, 0.4) is 0 Å². The first-order chi connectivity index (χ1) is 14.4. The standard InChI is InChI=1S/C21H20F2N6O/c1-10-14(7-26-8-15(10)19(22)23)17-4-11-5-18(27-9-16(11)20(24)28-17)29-21(30)13-3-12(13)6-25-2/h4-9,12-13,19H,3H2,1-2H3,(H2,24,28)(H,27,29,30)/b25-6-/t12-,13+/m1/s1. The third kappa shape index (κ3) is 3.70. The van der Waals surface area contributed by atoms with Gasteiger partial charge in [0.25, 0.3) is 6.43 Å². The summed E-state index contributed by atoms with van der Waals surface area (Å²) >= 11 is 0. The van der Waals surface area contributed by atoms with Crippen molar-refractivity contribution in [2.24, 2.45) is 16.8 Å². The minimum absolute atomic E-state index is 0.102. The normalized spacial score (nSPS) is 18.3. The highest BCUT2D eigenvalue weighted by Crippen LogP contribution is 2.38. The smallest absolute Gasteiger partial charge is 0.265 e. The van der Waals surface area contributed by atoms with Gasteiger partial charge in [-0.1, -0.05) is 0 Å². The van der Waals surface area contributed by atoms with Gasteiger partial charge in [0.15, 0.2) is 0 Å². The molecule has 1 aliphatic rings. The van der Waals surface area contributed by atoms with Crippen LogP contribution in [-0.2, 0) is 4.79 Å². The molecule has 4 rings (SSSR count). The number of carbonyl (C=O) groups is 1. The second-order valence-electron chi connectivity index (χ2n) is 7.29. The number of rotatable bonds is 5. The molecule has 1 fully saturated rings. The maximum absolute atomic E-state index is 13.2. The van der Waals surface area contributed by atoms with E-state index >= 15 is 0 Å². The molecule has 0 spiro atoms. The molecule has 0 radical (unpaired) electrons.